The van der Waals surface area contributed by atoms with Crippen LogP contribution in [0.2, 0.25) is 10.0 Å². The summed E-state index contributed by atoms with van der Waals surface area (Å²) >= 11 is 11.7. The molecule has 4 nitrogen and oxygen atoms in total. The van der Waals surface area contributed by atoms with Gasteiger partial charge in [0.15, 0.2) is 0 Å². The number of urea groups is 1. The van der Waals surface area contributed by atoms with Crippen LogP contribution in [-0.4, -0.2) is 13.1 Å². The van der Waals surface area contributed by atoms with Gasteiger partial charge in [-0.2, -0.15) is 0 Å². The molecule has 104 valence electrons. The fraction of sp³-hybridized carbons (Fsp3) is 0.0714. The molecule has 0 saturated carbocycles. The van der Waals surface area contributed by atoms with Crippen LogP contribution in [0.15, 0.2) is 42.5 Å². The highest BCUT2D eigenvalue weighted by atomic mass is 35.5. The number of carbonyl (C=O) groups excluding carboxylic acids is 1. The number of halogens is 2. The second kappa shape index (κ2) is 6.50. The van der Waals surface area contributed by atoms with E-state index in [1.165, 1.54) is 0 Å². The van der Waals surface area contributed by atoms with Crippen LogP contribution in [0.5, 0.6) is 5.75 Å². The van der Waals surface area contributed by atoms with E-state index in [0.29, 0.717) is 27.2 Å². The second-order valence-electron chi connectivity index (χ2n) is 3.94. The van der Waals surface area contributed by atoms with E-state index in [0.717, 1.165) is 0 Å². The van der Waals surface area contributed by atoms with Crippen molar-refractivity contribution < 1.29 is 9.53 Å². The third-order valence-electron chi connectivity index (χ3n) is 2.51. The monoisotopic (exact) mass is 310 g/mol. The van der Waals surface area contributed by atoms with Gasteiger partial charge < -0.3 is 15.4 Å². The number of amides is 2. The molecule has 0 aromatic heterocycles. The molecule has 2 N–H and O–H groups in total. The van der Waals surface area contributed by atoms with Crippen molar-refractivity contribution in [2.45, 2.75) is 0 Å². The molecule has 0 unspecified atom stereocenters. The summed E-state index contributed by atoms with van der Waals surface area (Å²) in [7, 11) is 1.56. The van der Waals surface area contributed by atoms with Crippen molar-refractivity contribution >= 4 is 40.6 Å². The van der Waals surface area contributed by atoms with Crippen LogP contribution < -0.4 is 15.4 Å². The summed E-state index contributed by atoms with van der Waals surface area (Å²) in [5.41, 5.74) is 1.18. The van der Waals surface area contributed by atoms with Crippen molar-refractivity contribution in [2.24, 2.45) is 0 Å². The maximum absolute atomic E-state index is 11.8. The molecule has 0 atom stereocenters. The van der Waals surface area contributed by atoms with Gasteiger partial charge >= 0.3 is 6.03 Å². The van der Waals surface area contributed by atoms with E-state index in [4.69, 9.17) is 27.9 Å². The minimum Gasteiger partial charge on any atom is -0.497 e. The lowest BCUT2D eigenvalue weighted by molar-refractivity contribution is 0.262. The second-order valence-corrected chi connectivity index (χ2v) is 4.75. The van der Waals surface area contributed by atoms with Gasteiger partial charge in [-0.1, -0.05) is 29.3 Å². The van der Waals surface area contributed by atoms with Crippen LogP contribution in [0.25, 0.3) is 0 Å². The molecular weight excluding hydrogens is 299 g/mol. The Morgan fingerprint density at radius 3 is 2.35 bits per heavy atom. The normalized spacial score (nSPS) is 9.95. The molecule has 20 heavy (non-hydrogen) atoms. The number of nitrogens with one attached hydrogen (secondary N) is 2. The van der Waals surface area contributed by atoms with Crippen molar-refractivity contribution in [2.75, 3.05) is 17.7 Å². The molecule has 0 spiro atoms. The van der Waals surface area contributed by atoms with Crippen molar-refractivity contribution in [3.63, 3.8) is 0 Å². The Morgan fingerprint density at radius 1 is 1.00 bits per heavy atom. The first-order chi connectivity index (χ1) is 9.58. The van der Waals surface area contributed by atoms with Gasteiger partial charge in [0.05, 0.1) is 17.2 Å². The van der Waals surface area contributed by atoms with Gasteiger partial charge in [-0.15, -0.1) is 0 Å². The molecule has 0 fully saturated rings. The predicted molar refractivity (Wildman–Crippen MR) is 82.1 cm³/mol. The Morgan fingerprint density at radius 2 is 1.70 bits per heavy atom. The quantitative estimate of drug-likeness (QED) is 0.867. The number of hydrogen-bond acceptors (Lipinski definition) is 2. The lowest BCUT2D eigenvalue weighted by atomic mass is 10.3. The highest BCUT2D eigenvalue weighted by Crippen LogP contribution is 2.25. The first-order valence-corrected chi connectivity index (χ1v) is 6.51. The largest absolute Gasteiger partial charge is 0.497 e. The van der Waals surface area contributed by atoms with Crippen molar-refractivity contribution in [3.8, 4) is 5.75 Å². The fourth-order valence-electron chi connectivity index (χ4n) is 1.57. The number of carbonyl (C=O) groups is 1. The topological polar surface area (TPSA) is 50.4 Å². The van der Waals surface area contributed by atoms with Gasteiger partial charge in [0.25, 0.3) is 0 Å². The number of hydrogen-bond donors (Lipinski definition) is 2. The minimum atomic E-state index is -0.378. The van der Waals surface area contributed by atoms with Crippen LogP contribution in [-0.2, 0) is 0 Å². The van der Waals surface area contributed by atoms with Gasteiger partial charge in [-0.05, 0) is 30.3 Å². The van der Waals surface area contributed by atoms with Crippen LogP contribution in [0.1, 0.15) is 0 Å². The predicted octanol–water partition coefficient (Wildman–Crippen LogP) is 4.65. The molecule has 2 aromatic rings. The zero-order chi connectivity index (χ0) is 14.5. The summed E-state index contributed by atoms with van der Waals surface area (Å²) in [5.74, 6) is 0.664. The van der Waals surface area contributed by atoms with E-state index >= 15 is 0 Å². The summed E-state index contributed by atoms with van der Waals surface area (Å²) in [6.07, 6.45) is 0. The minimum absolute atomic E-state index is 0.378. The molecule has 0 radical (unpaired) electrons. The highest BCUT2D eigenvalue weighted by Gasteiger charge is 2.05. The Balaban J connectivity index is 2.03. The standard InChI is InChI=1S/C14H12Cl2N2O2/c1-20-11-4-2-3-9(7-11)17-14(19)18-10-5-6-12(15)13(16)8-10/h2-8H,1H3,(H2,17,18,19). The molecular formula is C14H12Cl2N2O2. The van der Waals surface area contributed by atoms with E-state index in [1.807, 2.05) is 0 Å². The summed E-state index contributed by atoms with van der Waals surface area (Å²) in [6, 6.07) is 11.5. The molecule has 0 aliphatic heterocycles. The Bertz CT molecular complexity index is 632. The number of ether oxygens (including phenoxy) is 1. The van der Waals surface area contributed by atoms with Crippen molar-refractivity contribution in [1.29, 1.82) is 0 Å². The average Bonchev–Trinajstić information content (AvgIpc) is 2.43. The van der Waals surface area contributed by atoms with Crippen LogP contribution >= 0.6 is 23.2 Å². The number of anilines is 2. The maximum atomic E-state index is 11.8. The summed E-state index contributed by atoms with van der Waals surface area (Å²) in [4.78, 5) is 11.8. The molecule has 0 aliphatic rings. The number of methoxy groups -OCH3 is 1. The first-order valence-electron chi connectivity index (χ1n) is 5.75. The van der Waals surface area contributed by atoms with Gasteiger partial charge in [0.1, 0.15) is 5.75 Å². The van der Waals surface area contributed by atoms with Gasteiger partial charge in [0.2, 0.25) is 0 Å². The van der Waals surface area contributed by atoms with Gasteiger partial charge in [0, 0.05) is 17.4 Å². The smallest absolute Gasteiger partial charge is 0.323 e. The first kappa shape index (κ1) is 14.5. The SMILES string of the molecule is COc1cccc(NC(=O)Nc2ccc(Cl)c(Cl)c2)c1. The van der Waals surface area contributed by atoms with Crippen LogP contribution in [0.4, 0.5) is 16.2 Å². The molecule has 2 amide bonds. The van der Waals surface area contributed by atoms with Gasteiger partial charge in [-0.3, -0.25) is 0 Å². The molecule has 0 aliphatic carbocycles. The summed E-state index contributed by atoms with van der Waals surface area (Å²) in [6.45, 7) is 0. The summed E-state index contributed by atoms with van der Waals surface area (Å²) in [5, 5.41) is 6.17. The van der Waals surface area contributed by atoms with E-state index in [9.17, 15) is 4.79 Å². The number of rotatable bonds is 3. The van der Waals surface area contributed by atoms with E-state index in [-0.39, 0.29) is 6.03 Å². The van der Waals surface area contributed by atoms with Crippen molar-refractivity contribution in [3.05, 3.63) is 52.5 Å². The molecule has 2 aromatic carbocycles. The van der Waals surface area contributed by atoms with E-state index in [1.54, 1.807) is 49.6 Å². The lowest BCUT2D eigenvalue weighted by Gasteiger charge is -2.09. The molecule has 0 heterocycles. The molecule has 0 bridgehead atoms. The summed E-state index contributed by atoms with van der Waals surface area (Å²) < 4.78 is 5.08. The van der Waals surface area contributed by atoms with Crippen LogP contribution in [0, 0.1) is 0 Å². The zero-order valence-electron chi connectivity index (χ0n) is 10.6. The highest BCUT2D eigenvalue weighted by molar-refractivity contribution is 6.42. The molecule has 6 heteroatoms. The molecule has 2 rings (SSSR count). The maximum Gasteiger partial charge on any atom is 0.323 e. The van der Waals surface area contributed by atoms with Gasteiger partial charge in [-0.25, -0.2) is 4.79 Å². The average molecular weight is 311 g/mol. The Labute approximate surface area is 126 Å². The number of benzene rings is 2. The van der Waals surface area contributed by atoms with E-state index < -0.39 is 0 Å². The third kappa shape index (κ3) is 3.79. The Hall–Kier alpha value is -1.91. The van der Waals surface area contributed by atoms with Crippen LogP contribution in [0.3, 0.4) is 0 Å². The van der Waals surface area contributed by atoms with Crippen molar-refractivity contribution in [1.82, 2.24) is 0 Å². The lowest BCUT2D eigenvalue weighted by Crippen LogP contribution is -2.19. The van der Waals surface area contributed by atoms with E-state index in [2.05, 4.69) is 10.6 Å². The fourth-order valence-corrected chi connectivity index (χ4v) is 1.87. The Kier molecular flexibility index (Phi) is 4.71. The zero-order valence-corrected chi connectivity index (χ0v) is 12.1. The third-order valence-corrected chi connectivity index (χ3v) is 3.24. The molecule has 0 saturated heterocycles.